The Bertz CT molecular complexity index is 575. The van der Waals surface area contributed by atoms with Gasteiger partial charge in [0.25, 0.3) is 5.91 Å². The zero-order valence-electron chi connectivity index (χ0n) is 12.6. The van der Waals surface area contributed by atoms with E-state index < -0.39 is 5.91 Å². The maximum Gasteiger partial charge on any atom is 0.320 e. The van der Waals surface area contributed by atoms with Crippen LogP contribution >= 0.6 is 0 Å². The molecule has 1 aromatic rings. The molecule has 2 aliphatic rings. The van der Waals surface area contributed by atoms with Crippen LogP contribution in [0.5, 0.6) is 0 Å². The Kier molecular flexibility index (Phi) is 3.82. The minimum Gasteiger partial charge on any atom is -0.366 e. The van der Waals surface area contributed by atoms with Gasteiger partial charge in [-0.1, -0.05) is 0 Å². The molecule has 8 nitrogen and oxygen atoms in total. The van der Waals surface area contributed by atoms with Crippen molar-refractivity contribution in [1.29, 1.82) is 0 Å². The van der Waals surface area contributed by atoms with Gasteiger partial charge in [-0.15, -0.1) is 0 Å². The van der Waals surface area contributed by atoms with Crippen molar-refractivity contribution in [3.05, 3.63) is 18.0 Å². The molecule has 0 aliphatic carbocycles. The van der Waals surface area contributed by atoms with E-state index in [4.69, 9.17) is 5.73 Å². The van der Waals surface area contributed by atoms with Crippen molar-refractivity contribution in [2.45, 2.75) is 18.9 Å². The SMILES string of the molecule is CN1CCN([C@@H]2CCCN(c3ncc(C(N)=O)cn3)C2)C1=O. The topological polar surface area (TPSA) is 95.7 Å². The summed E-state index contributed by atoms with van der Waals surface area (Å²) in [6.45, 7) is 3.12. The molecule has 2 N–H and O–H groups in total. The van der Waals surface area contributed by atoms with Gasteiger partial charge in [0.2, 0.25) is 5.95 Å². The third-order valence-electron chi connectivity index (χ3n) is 4.29. The first kappa shape index (κ1) is 14.6. The van der Waals surface area contributed by atoms with Gasteiger partial charge in [0.05, 0.1) is 11.6 Å². The number of carbonyl (C=O) groups excluding carboxylic acids is 2. The zero-order chi connectivity index (χ0) is 15.7. The monoisotopic (exact) mass is 304 g/mol. The third kappa shape index (κ3) is 2.68. The average Bonchev–Trinajstić information content (AvgIpc) is 2.87. The van der Waals surface area contributed by atoms with Crippen molar-refractivity contribution in [2.75, 3.05) is 38.1 Å². The fraction of sp³-hybridized carbons (Fsp3) is 0.571. The molecule has 1 atom stereocenters. The van der Waals surface area contributed by atoms with Crippen molar-refractivity contribution in [3.63, 3.8) is 0 Å². The molecule has 22 heavy (non-hydrogen) atoms. The van der Waals surface area contributed by atoms with Gasteiger partial charge in [0.1, 0.15) is 0 Å². The maximum atomic E-state index is 12.1. The number of urea groups is 1. The largest absolute Gasteiger partial charge is 0.366 e. The molecule has 8 heteroatoms. The molecule has 2 fully saturated rings. The number of piperidine rings is 1. The summed E-state index contributed by atoms with van der Waals surface area (Å²) in [5.41, 5.74) is 5.49. The van der Waals surface area contributed by atoms with Crippen LogP contribution in [-0.2, 0) is 0 Å². The van der Waals surface area contributed by atoms with E-state index >= 15 is 0 Å². The number of hydrogen-bond donors (Lipinski definition) is 1. The number of nitrogens with two attached hydrogens (primary N) is 1. The van der Waals surface area contributed by atoms with E-state index in [0.29, 0.717) is 11.5 Å². The smallest absolute Gasteiger partial charge is 0.320 e. The van der Waals surface area contributed by atoms with E-state index in [0.717, 1.165) is 39.0 Å². The van der Waals surface area contributed by atoms with Crippen LogP contribution in [0, 0.1) is 0 Å². The van der Waals surface area contributed by atoms with Crippen LogP contribution < -0.4 is 10.6 Å². The molecule has 3 amide bonds. The molecule has 0 bridgehead atoms. The molecular weight excluding hydrogens is 284 g/mol. The lowest BCUT2D eigenvalue weighted by Gasteiger charge is -2.37. The average molecular weight is 304 g/mol. The first-order valence-corrected chi connectivity index (χ1v) is 7.45. The summed E-state index contributed by atoms with van der Waals surface area (Å²) in [4.78, 5) is 37.4. The summed E-state index contributed by atoms with van der Waals surface area (Å²) in [5.74, 6) is 0.0449. The lowest BCUT2D eigenvalue weighted by Crippen LogP contribution is -2.49. The molecular formula is C14H20N6O2. The van der Waals surface area contributed by atoms with Crippen molar-refractivity contribution in [1.82, 2.24) is 19.8 Å². The molecule has 0 unspecified atom stereocenters. The number of rotatable bonds is 3. The fourth-order valence-corrected chi connectivity index (χ4v) is 3.01. The number of hydrogen-bond acceptors (Lipinski definition) is 5. The molecule has 2 aliphatic heterocycles. The van der Waals surface area contributed by atoms with E-state index in [1.807, 2.05) is 11.9 Å². The molecule has 1 aromatic heterocycles. The van der Waals surface area contributed by atoms with Gasteiger partial charge in [-0.25, -0.2) is 14.8 Å². The minimum atomic E-state index is -0.534. The Hall–Kier alpha value is -2.38. The lowest BCUT2D eigenvalue weighted by molar-refractivity contribution is 0.0999. The van der Waals surface area contributed by atoms with Gasteiger partial charge < -0.3 is 20.4 Å². The summed E-state index contributed by atoms with van der Waals surface area (Å²) in [6, 6.07) is 0.280. The molecule has 2 saturated heterocycles. The second-order valence-corrected chi connectivity index (χ2v) is 5.78. The zero-order valence-corrected chi connectivity index (χ0v) is 12.6. The van der Waals surface area contributed by atoms with Crippen LogP contribution in [0.4, 0.5) is 10.7 Å². The normalized spacial score (nSPS) is 22.3. The van der Waals surface area contributed by atoms with Gasteiger partial charge in [0.15, 0.2) is 0 Å². The van der Waals surface area contributed by atoms with E-state index in [1.54, 1.807) is 4.90 Å². The van der Waals surface area contributed by atoms with Crippen LogP contribution in [0.2, 0.25) is 0 Å². The number of carbonyl (C=O) groups is 2. The third-order valence-corrected chi connectivity index (χ3v) is 4.29. The van der Waals surface area contributed by atoms with Gasteiger partial charge in [-0.3, -0.25) is 4.79 Å². The Labute approximate surface area is 128 Å². The summed E-state index contributed by atoms with van der Waals surface area (Å²) in [7, 11) is 1.83. The van der Waals surface area contributed by atoms with Crippen molar-refractivity contribution >= 4 is 17.9 Å². The second-order valence-electron chi connectivity index (χ2n) is 5.78. The number of likely N-dealkylation sites (N-methyl/N-ethyl adjacent to an activating group) is 1. The number of amides is 3. The second kappa shape index (κ2) is 5.78. The van der Waals surface area contributed by atoms with Crippen molar-refractivity contribution in [2.24, 2.45) is 5.73 Å². The molecule has 0 spiro atoms. The first-order valence-electron chi connectivity index (χ1n) is 7.45. The predicted octanol–water partition coefficient (Wildman–Crippen LogP) is -0.0883. The quantitative estimate of drug-likeness (QED) is 0.842. The standard InChI is InChI=1S/C14H20N6O2/c1-18-5-6-20(14(18)22)11-3-2-4-19(9-11)13-16-7-10(8-17-13)12(15)21/h7-8,11H,2-6,9H2,1H3,(H2,15,21)/t11-/m1/s1. The van der Waals surface area contributed by atoms with Crippen LogP contribution in [-0.4, -0.2) is 71.0 Å². The highest BCUT2D eigenvalue weighted by Gasteiger charge is 2.34. The van der Waals surface area contributed by atoms with E-state index in [-0.39, 0.29) is 12.1 Å². The van der Waals surface area contributed by atoms with Crippen LogP contribution in [0.1, 0.15) is 23.2 Å². The molecule has 118 valence electrons. The molecule has 0 saturated carbocycles. The van der Waals surface area contributed by atoms with Crippen LogP contribution in [0.15, 0.2) is 12.4 Å². The van der Waals surface area contributed by atoms with E-state index in [1.165, 1.54) is 12.4 Å². The number of aromatic nitrogens is 2. The summed E-state index contributed by atoms with van der Waals surface area (Å²) >= 11 is 0. The molecule has 0 radical (unpaired) electrons. The maximum absolute atomic E-state index is 12.1. The van der Waals surface area contributed by atoms with Gasteiger partial charge in [-0.2, -0.15) is 0 Å². The Morgan fingerprint density at radius 2 is 2.00 bits per heavy atom. The van der Waals surface area contributed by atoms with Gasteiger partial charge in [-0.05, 0) is 12.8 Å². The number of nitrogens with zero attached hydrogens (tertiary/aromatic N) is 5. The Morgan fingerprint density at radius 3 is 2.59 bits per heavy atom. The summed E-state index contributed by atoms with van der Waals surface area (Å²) in [5, 5.41) is 0. The highest BCUT2D eigenvalue weighted by atomic mass is 16.2. The van der Waals surface area contributed by atoms with E-state index in [2.05, 4.69) is 14.9 Å². The highest BCUT2D eigenvalue weighted by Crippen LogP contribution is 2.22. The Morgan fingerprint density at radius 1 is 1.27 bits per heavy atom. The molecule has 3 rings (SSSR count). The highest BCUT2D eigenvalue weighted by molar-refractivity contribution is 5.92. The minimum absolute atomic E-state index is 0.0943. The van der Waals surface area contributed by atoms with Gasteiger partial charge >= 0.3 is 6.03 Å². The molecule has 3 heterocycles. The number of anilines is 1. The van der Waals surface area contributed by atoms with Crippen LogP contribution in [0.25, 0.3) is 0 Å². The van der Waals surface area contributed by atoms with Crippen LogP contribution in [0.3, 0.4) is 0 Å². The Balaban J connectivity index is 1.70. The first-order chi connectivity index (χ1) is 10.6. The fourth-order valence-electron chi connectivity index (χ4n) is 3.01. The van der Waals surface area contributed by atoms with Crippen molar-refractivity contribution < 1.29 is 9.59 Å². The predicted molar refractivity (Wildman–Crippen MR) is 80.5 cm³/mol. The van der Waals surface area contributed by atoms with Crippen molar-refractivity contribution in [3.8, 4) is 0 Å². The number of primary amides is 1. The lowest BCUT2D eigenvalue weighted by atomic mass is 10.0. The summed E-state index contributed by atoms with van der Waals surface area (Å²) in [6.07, 6.45) is 4.88. The van der Waals surface area contributed by atoms with Gasteiger partial charge in [0, 0.05) is 45.6 Å². The molecule has 0 aromatic carbocycles. The van der Waals surface area contributed by atoms with E-state index in [9.17, 15) is 9.59 Å². The summed E-state index contributed by atoms with van der Waals surface area (Å²) < 4.78 is 0.